The number of hydrogen-bond donors (Lipinski definition) is 0. The molecule has 0 radical (unpaired) electrons. The van der Waals surface area contributed by atoms with Gasteiger partial charge in [0.25, 0.3) is 5.91 Å². The first kappa shape index (κ1) is 14.5. The van der Waals surface area contributed by atoms with E-state index in [1.165, 1.54) is 11.3 Å². The molecule has 1 saturated heterocycles. The number of aryl methyl sites for hydroxylation is 1. The number of rotatable bonds is 2. The summed E-state index contributed by atoms with van der Waals surface area (Å²) in [7, 11) is 0. The van der Waals surface area contributed by atoms with Crippen LogP contribution in [0.15, 0.2) is 18.5 Å². The van der Waals surface area contributed by atoms with Crippen LogP contribution in [0.4, 0.5) is 11.8 Å². The first-order valence-corrected chi connectivity index (χ1v) is 8.56. The number of nitrogens with zero attached hydrogens (tertiary/aromatic N) is 5. The van der Waals surface area contributed by atoms with Gasteiger partial charge < -0.3 is 9.64 Å². The third kappa shape index (κ3) is 2.79. The van der Waals surface area contributed by atoms with E-state index >= 15 is 0 Å². The maximum Gasteiger partial charge on any atom is 0.283 e. The van der Waals surface area contributed by atoms with Crippen LogP contribution in [0, 0.1) is 0 Å². The molecule has 23 heavy (non-hydrogen) atoms. The van der Waals surface area contributed by atoms with Gasteiger partial charge in [-0.15, -0.1) is 11.3 Å². The molecule has 2 aliphatic heterocycles. The van der Waals surface area contributed by atoms with Gasteiger partial charge in [0, 0.05) is 36.9 Å². The van der Waals surface area contributed by atoms with E-state index in [4.69, 9.17) is 4.74 Å². The predicted octanol–water partition coefficient (Wildman–Crippen LogP) is 1.49. The van der Waals surface area contributed by atoms with Gasteiger partial charge in [-0.2, -0.15) is 0 Å². The van der Waals surface area contributed by atoms with E-state index in [-0.39, 0.29) is 5.91 Å². The lowest BCUT2D eigenvalue weighted by Gasteiger charge is -2.26. The topological polar surface area (TPSA) is 71.5 Å². The van der Waals surface area contributed by atoms with Crippen molar-refractivity contribution in [2.24, 2.45) is 0 Å². The maximum absolute atomic E-state index is 12.6. The normalized spacial score (nSPS) is 17.9. The zero-order chi connectivity index (χ0) is 15.6. The fourth-order valence-electron chi connectivity index (χ4n) is 2.84. The van der Waals surface area contributed by atoms with E-state index in [0.717, 1.165) is 30.1 Å². The van der Waals surface area contributed by atoms with Crippen molar-refractivity contribution >= 4 is 29.0 Å². The number of thiazole rings is 1. The number of morpholine rings is 1. The summed E-state index contributed by atoms with van der Waals surface area (Å²) in [6.07, 6.45) is 5.41. The molecule has 0 aliphatic carbocycles. The van der Waals surface area contributed by atoms with Gasteiger partial charge in [-0.25, -0.2) is 15.0 Å². The lowest BCUT2D eigenvalue weighted by atomic mass is 10.2. The van der Waals surface area contributed by atoms with Crippen LogP contribution in [0.5, 0.6) is 0 Å². The van der Waals surface area contributed by atoms with Crippen molar-refractivity contribution in [3.8, 4) is 0 Å². The van der Waals surface area contributed by atoms with E-state index in [1.54, 1.807) is 18.5 Å². The minimum atomic E-state index is 0.00151. The van der Waals surface area contributed by atoms with Crippen molar-refractivity contribution in [1.82, 2.24) is 19.9 Å². The highest BCUT2D eigenvalue weighted by Crippen LogP contribution is 2.35. The third-order valence-corrected chi connectivity index (χ3v) is 5.09. The minimum Gasteiger partial charge on any atom is -0.378 e. The van der Waals surface area contributed by atoms with Crippen LogP contribution in [-0.2, 0) is 11.2 Å². The second-order valence-corrected chi connectivity index (χ2v) is 6.56. The summed E-state index contributed by atoms with van der Waals surface area (Å²) in [4.78, 5) is 30.8. The van der Waals surface area contributed by atoms with Gasteiger partial charge in [-0.1, -0.05) is 0 Å². The number of hydrogen-bond acceptors (Lipinski definition) is 7. The monoisotopic (exact) mass is 331 g/mol. The molecule has 0 saturated carbocycles. The Morgan fingerprint density at radius 2 is 1.96 bits per heavy atom. The molecular weight excluding hydrogens is 314 g/mol. The quantitative estimate of drug-likeness (QED) is 0.830. The van der Waals surface area contributed by atoms with Crippen molar-refractivity contribution in [3.63, 3.8) is 0 Å². The molecule has 1 fully saturated rings. The molecule has 0 spiro atoms. The number of amides is 1. The van der Waals surface area contributed by atoms with Gasteiger partial charge in [0.1, 0.15) is 0 Å². The van der Waals surface area contributed by atoms with Gasteiger partial charge in [-0.3, -0.25) is 9.69 Å². The van der Waals surface area contributed by atoms with Crippen molar-refractivity contribution in [1.29, 1.82) is 0 Å². The molecule has 8 heteroatoms. The molecule has 7 nitrogen and oxygen atoms in total. The Morgan fingerprint density at radius 1 is 1.17 bits per heavy atom. The Bertz CT molecular complexity index is 699. The average molecular weight is 331 g/mol. The average Bonchev–Trinajstić information content (AvgIpc) is 3.06. The van der Waals surface area contributed by atoms with Crippen LogP contribution < -0.4 is 4.90 Å². The van der Waals surface area contributed by atoms with Gasteiger partial charge in [0.05, 0.1) is 13.2 Å². The minimum absolute atomic E-state index is 0.00151. The highest BCUT2D eigenvalue weighted by molar-refractivity contribution is 7.14. The molecule has 2 aromatic rings. The van der Waals surface area contributed by atoms with E-state index in [2.05, 4.69) is 15.0 Å². The van der Waals surface area contributed by atoms with Gasteiger partial charge in [0.15, 0.2) is 10.8 Å². The summed E-state index contributed by atoms with van der Waals surface area (Å²) < 4.78 is 5.31. The maximum atomic E-state index is 12.6. The SMILES string of the molecule is O=C(c1nc2c(s1)CCCN2c1ncccn1)N1CCOCC1. The van der Waals surface area contributed by atoms with Crippen molar-refractivity contribution in [3.05, 3.63) is 28.3 Å². The molecule has 0 atom stereocenters. The van der Waals surface area contributed by atoms with Crippen LogP contribution >= 0.6 is 11.3 Å². The summed E-state index contributed by atoms with van der Waals surface area (Å²) in [5, 5.41) is 0.555. The molecule has 1 amide bonds. The van der Waals surface area contributed by atoms with Crippen LogP contribution in [-0.4, -0.2) is 58.6 Å². The number of carbonyl (C=O) groups is 1. The first-order valence-electron chi connectivity index (χ1n) is 7.74. The Balaban J connectivity index is 1.63. The molecule has 2 aliphatic rings. The molecule has 0 bridgehead atoms. The van der Waals surface area contributed by atoms with E-state index in [9.17, 15) is 4.79 Å². The van der Waals surface area contributed by atoms with Crippen LogP contribution in [0.25, 0.3) is 0 Å². The molecule has 0 N–H and O–H groups in total. The Morgan fingerprint density at radius 3 is 2.74 bits per heavy atom. The number of anilines is 2. The van der Waals surface area contributed by atoms with Crippen LogP contribution in [0.2, 0.25) is 0 Å². The number of ether oxygens (including phenoxy) is 1. The first-order chi connectivity index (χ1) is 11.3. The largest absolute Gasteiger partial charge is 0.378 e. The fourth-order valence-corrected chi connectivity index (χ4v) is 3.91. The second-order valence-electron chi connectivity index (χ2n) is 5.47. The summed E-state index contributed by atoms with van der Waals surface area (Å²) in [6.45, 7) is 3.29. The summed E-state index contributed by atoms with van der Waals surface area (Å²) in [6, 6.07) is 1.79. The molecular formula is C15H17N5O2S. The van der Waals surface area contributed by atoms with Crippen molar-refractivity contribution in [2.75, 3.05) is 37.7 Å². The molecule has 4 heterocycles. The lowest BCUT2D eigenvalue weighted by Crippen LogP contribution is -2.40. The Hall–Kier alpha value is -2.06. The predicted molar refractivity (Wildman–Crippen MR) is 86.2 cm³/mol. The Kier molecular flexibility index (Phi) is 3.92. The van der Waals surface area contributed by atoms with Gasteiger partial charge >= 0.3 is 0 Å². The highest BCUT2D eigenvalue weighted by atomic mass is 32.1. The van der Waals surface area contributed by atoms with E-state index < -0.39 is 0 Å². The standard InChI is InChI=1S/C15H17N5O2S/c21-14(19-7-9-22-10-8-19)13-18-12-11(23-13)3-1-6-20(12)15-16-4-2-5-17-15/h2,4-5H,1,3,6-10H2. The zero-order valence-electron chi connectivity index (χ0n) is 12.6. The summed E-state index contributed by atoms with van der Waals surface area (Å²) in [5.74, 6) is 1.48. The number of aromatic nitrogens is 3. The van der Waals surface area contributed by atoms with Crippen molar-refractivity contribution in [2.45, 2.75) is 12.8 Å². The number of carbonyl (C=O) groups excluding carboxylic acids is 1. The number of fused-ring (bicyclic) bond motifs is 1. The highest BCUT2D eigenvalue weighted by Gasteiger charge is 2.28. The third-order valence-electron chi connectivity index (χ3n) is 3.99. The Labute approximate surface area is 137 Å². The summed E-state index contributed by atoms with van der Waals surface area (Å²) >= 11 is 1.50. The summed E-state index contributed by atoms with van der Waals surface area (Å²) in [5.41, 5.74) is 0. The van der Waals surface area contributed by atoms with E-state index in [0.29, 0.717) is 37.3 Å². The molecule has 2 aromatic heterocycles. The lowest BCUT2D eigenvalue weighted by molar-refractivity contribution is 0.0302. The molecule has 0 unspecified atom stereocenters. The molecule has 0 aromatic carbocycles. The zero-order valence-corrected chi connectivity index (χ0v) is 13.5. The molecule has 120 valence electrons. The fraction of sp³-hybridized carbons (Fsp3) is 0.467. The smallest absolute Gasteiger partial charge is 0.283 e. The van der Waals surface area contributed by atoms with Crippen LogP contribution in [0.1, 0.15) is 21.1 Å². The van der Waals surface area contributed by atoms with Crippen LogP contribution in [0.3, 0.4) is 0 Å². The van der Waals surface area contributed by atoms with E-state index in [1.807, 2.05) is 9.80 Å². The van der Waals surface area contributed by atoms with Crippen molar-refractivity contribution < 1.29 is 9.53 Å². The van der Waals surface area contributed by atoms with Gasteiger partial charge in [-0.05, 0) is 18.9 Å². The molecule has 4 rings (SSSR count). The second kappa shape index (κ2) is 6.21. The van der Waals surface area contributed by atoms with Gasteiger partial charge in [0.2, 0.25) is 5.95 Å².